The Morgan fingerprint density at radius 1 is 1.53 bits per heavy atom. The van der Waals surface area contributed by atoms with Gasteiger partial charge in [-0.15, -0.1) is 0 Å². The molecule has 15 heavy (non-hydrogen) atoms. The largest absolute Gasteiger partial charge is 0.393 e. The zero-order valence-electron chi connectivity index (χ0n) is 8.46. The fourth-order valence-electron chi connectivity index (χ4n) is 1.50. The van der Waals surface area contributed by atoms with Gasteiger partial charge in [0.15, 0.2) is 11.0 Å². The minimum Gasteiger partial charge on any atom is -0.393 e. The number of rotatable bonds is 2. The highest BCUT2D eigenvalue weighted by Crippen LogP contribution is 2.25. The predicted molar refractivity (Wildman–Crippen MR) is 59.0 cm³/mol. The molecule has 82 valence electrons. The first-order chi connectivity index (χ1) is 7.16. The quantitative estimate of drug-likeness (QED) is 0.745. The van der Waals surface area contributed by atoms with E-state index in [1.807, 2.05) is 0 Å². The number of nitrogens with two attached hydrogens (primary N) is 1. The molecule has 0 spiro atoms. The lowest BCUT2D eigenvalue weighted by atomic mass is 10.2. The van der Waals surface area contributed by atoms with Gasteiger partial charge in [-0.3, -0.25) is 0 Å². The third-order valence-corrected chi connectivity index (χ3v) is 2.57. The lowest BCUT2D eigenvalue weighted by Gasteiger charge is -2.13. The lowest BCUT2D eigenvalue weighted by molar-refractivity contribution is 0.195. The second-order valence-electron chi connectivity index (χ2n) is 3.53. The number of hydrogen-bond donors (Lipinski definition) is 2. The van der Waals surface area contributed by atoms with E-state index >= 15 is 0 Å². The van der Waals surface area contributed by atoms with Crippen LogP contribution in [0.2, 0.25) is 5.15 Å². The van der Waals surface area contributed by atoms with Gasteiger partial charge in [-0.2, -0.15) is 0 Å². The summed E-state index contributed by atoms with van der Waals surface area (Å²) in [4.78, 5) is 8.18. The summed E-state index contributed by atoms with van der Waals surface area (Å²) in [7, 11) is 0. The van der Waals surface area contributed by atoms with E-state index < -0.39 is 0 Å². The molecule has 0 bridgehead atoms. The van der Waals surface area contributed by atoms with Crippen LogP contribution in [0.3, 0.4) is 0 Å². The maximum Gasteiger partial charge on any atom is 0.157 e. The van der Waals surface area contributed by atoms with Crippen molar-refractivity contribution in [1.29, 1.82) is 0 Å². The van der Waals surface area contributed by atoms with Gasteiger partial charge < -0.3 is 15.8 Å². The van der Waals surface area contributed by atoms with Crippen LogP contribution < -0.4 is 11.1 Å². The molecule has 5 nitrogen and oxygen atoms in total. The maximum absolute atomic E-state index is 5.86. The molecule has 1 atom stereocenters. The molecular formula is C9H13ClN4O. The minimum absolute atomic E-state index is 0.262. The van der Waals surface area contributed by atoms with Crippen LogP contribution in [0.5, 0.6) is 0 Å². The summed E-state index contributed by atoms with van der Waals surface area (Å²) in [6, 6.07) is 0.262. The molecule has 0 aliphatic carbocycles. The second kappa shape index (κ2) is 4.20. The molecule has 1 fully saturated rings. The number of anilines is 2. The lowest BCUT2D eigenvalue weighted by Crippen LogP contribution is -2.21. The van der Waals surface area contributed by atoms with Crippen LogP contribution in [0.1, 0.15) is 12.2 Å². The number of aryl methyl sites for hydroxylation is 1. The molecule has 0 amide bonds. The van der Waals surface area contributed by atoms with Crippen LogP contribution in [-0.4, -0.2) is 29.2 Å². The van der Waals surface area contributed by atoms with Crippen LogP contribution in [0.4, 0.5) is 11.5 Å². The van der Waals surface area contributed by atoms with Gasteiger partial charge in [0.25, 0.3) is 0 Å². The van der Waals surface area contributed by atoms with E-state index in [1.165, 1.54) is 0 Å². The topological polar surface area (TPSA) is 73.1 Å². The highest BCUT2D eigenvalue weighted by atomic mass is 35.5. The molecule has 2 rings (SSSR count). The molecule has 6 heteroatoms. The summed E-state index contributed by atoms with van der Waals surface area (Å²) in [6.45, 7) is 3.23. The van der Waals surface area contributed by atoms with Gasteiger partial charge in [0.05, 0.1) is 12.6 Å². The zero-order chi connectivity index (χ0) is 10.8. The molecule has 1 aliphatic heterocycles. The molecule has 1 unspecified atom stereocenters. The van der Waals surface area contributed by atoms with Gasteiger partial charge in [-0.05, 0) is 13.3 Å². The van der Waals surface area contributed by atoms with E-state index in [0.717, 1.165) is 13.0 Å². The summed E-state index contributed by atoms with van der Waals surface area (Å²) >= 11 is 5.86. The molecule has 0 aromatic carbocycles. The summed E-state index contributed by atoms with van der Waals surface area (Å²) < 4.78 is 5.25. The third kappa shape index (κ3) is 2.30. The SMILES string of the molecule is Cc1nc(Cl)c(N)c(NC2CCOC2)n1. The summed E-state index contributed by atoms with van der Waals surface area (Å²) in [5, 5.41) is 3.50. The first-order valence-electron chi connectivity index (χ1n) is 4.80. The summed E-state index contributed by atoms with van der Waals surface area (Å²) in [5.41, 5.74) is 6.17. The first-order valence-corrected chi connectivity index (χ1v) is 5.18. The van der Waals surface area contributed by atoms with Gasteiger partial charge in [0.2, 0.25) is 0 Å². The van der Waals surface area contributed by atoms with Crippen LogP contribution >= 0.6 is 11.6 Å². The fraction of sp³-hybridized carbons (Fsp3) is 0.556. The molecular weight excluding hydrogens is 216 g/mol. The highest BCUT2D eigenvalue weighted by Gasteiger charge is 2.18. The molecule has 3 N–H and O–H groups in total. The van der Waals surface area contributed by atoms with Gasteiger partial charge in [0.1, 0.15) is 11.5 Å². The van der Waals surface area contributed by atoms with Crippen molar-refractivity contribution in [3.8, 4) is 0 Å². The smallest absolute Gasteiger partial charge is 0.157 e. The number of hydrogen-bond acceptors (Lipinski definition) is 5. The number of aromatic nitrogens is 2. The summed E-state index contributed by atoms with van der Waals surface area (Å²) in [5.74, 6) is 1.21. The van der Waals surface area contributed by atoms with Crippen molar-refractivity contribution in [1.82, 2.24) is 9.97 Å². The van der Waals surface area contributed by atoms with Gasteiger partial charge in [-0.25, -0.2) is 9.97 Å². The number of ether oxygens (including phenoxy) is 1. The summed E-state index contributed by atoms with van der Waals surface area (Å²) in [6.07, 6.45) is 0.958. The van der Waals surface area contributed by atoms with Crippen molar-refractivity contribution >= 4 is 23.1 Å². The van der Waals surface area contributed by atoms with E-state index in [1.54, 1.807) is 6.92 Å². The maximum atomic E-state index is 5.86. The van der Waals surface area contributed by atoms with Gasteiger partial charge in [-0.1, -0.05) is 11.6 Å². The Morgan fingerprint density at radius 2 is 2.33 bits per heavy atom. The normalized spacial score (nSPS) is 20.5. The van der Waals surface area contributed by atoms with Crippen molar-refractivity contribution in [2.75, 3.05) is 24.3 Å². The molecule has 0 radical (unpaired) electrons. The molecule has 1 aromatic rings. The third-order valence-electron chi connectivity index (χ3n) is 2.28. The molecule has 1 saturated heterocycles. The van der Waals surface area contributed by atoms with Crippen LogP contribution in [0.25, 0.3) is 0 Å². The first kappa shape index (κ1) is 10.4. The monoisotopic (exact) mass is 228 g/mol. The Morgan fingerprint density at radius 3 is 3.00 bits per heavy atom. The highest BCUT2D eigenvalue weighted by molar-refractivity contribution is 6.32. The van der Waals surface area contributed by atoms with Crippen molar-refractivity contribution in [3.63, 3.8) is 0 Å². The van der Waals surface area contributed by atoms with E-state index in [2.05, 4.69) is 15.3 Å². The molecule has 2 heterocycles. The number of nitrogen functional groups attached to an aromatic ring is 1. The average Bonchev–Trinajstić information content (AvgIpc) is 2.66. The van der Waals surface area contributed by atoms with E-state index in [-0.39, 0.29) is 6.04 Å². The number of nitrogens with zero attached hydrogens (tertiary/aromatic N) is 2. The Labute approximate surface area is 93.0 Å². The van der Waals surface area contributed by atoms with Crippen LogP contribution in [0, 0.1) is 6.92 Å². The number of halogens is 1. The van der Waals surface area contributed by atoms with Gasteiger partial charge in [0, 0.05) is 6.61 Å². The van der Waals surface area contributed by atoms with Crippen molar-refractivity contribution in [2.45, 2.75) is 19.4 Å². The van der Waals surface area contributed by atoms with Crippen LogP contribution in [0.15, 0.2) is 0 Å². The van der Waals surface area contributed by atoms with Crippen molar-refractivity contribution in [3.05, 3.63) is 11.0 Å². The molecule has 1 aromatic heterocycles. The van der Waals surface area contributed by atoms with Crippen molar-refractivity contribution in [2.24, 2.45) is 0 Å². The minimum atomic E-state index is 0.262. The Kier molecular flexibility index (Phi) is 2.93. The predicted octanol–water partition coefficient (Wildman–Crippen LogP) is 1.22. The van der Waals surface area contributed by atoms with Crippen LogP contribution in [-0.2, 0) is 4.74 Å². The second-order valence-corrected chi connectivity index (χ2v) is 3.89. The molecule has 0 saturated carbocycles. The Balaban J connectivity index is 2.19. The van der Waals surface area contributed by atoms with E-state index in [9.17, 15) is 0 Å². The average molecular weight is 229 g/mol. The van der Waals surface area contributed by atoms with Gasteiger partial charge >= 0.3 is 0 Å². The Bertz CT molecular complexity index is 365. The Hall–Kier alpha value is -1.07. The van der Waals surface area contributed by atoms with Crippen molar-refractivity contribution < 1.29 is 4.74 Å². The zero-order valence-corrected chi connectivity index (χ0v) is 9.21. The standard InChI is InChI=1S/C9H13ClN4O/c1-5-12-8(10)7(11)9(13-5)14-6-2-3-15-4-6/h6H,2-4,11H2,1H3,(H,12,13,14). The fourth-order valence-corrected chi connectivity index (χ4v) is 1.71. The van der Waals surface area contributed by atoms with E-state index in [0.29, 0.717) is 29.1 Å². The number of nitrogens with one attached hydrogen (secondary N) is 1. The van der Waals surface area contributed by atoms with E-state index in [4.69, 9.17) is 22.1 Å². The molecule has 1 aliphatic rings.